The van der Waals surface area contributed by atoms with Crippen molar-refractivity contribution in [1.29, 1.82) is 0 Å². The zero-order valence-corrected chi connectivity index (χ0v) is 21.3. The Morgan fingerprint density at radius 1 is 0.800 bits per heavy atom. The van der Waals surface area contributed by atoms with Crippen molar-refractivity contribution in [2.75, 3.05) is 19.8 Å². The van der Waals surface area contributed by atoms with Crippen molar-refractivity contribution >= 4 is 11.9 Å². The molecule has 6 atom stereocenters. The summed E-state index contributed by atoms with van der Waals surface area (Å²) in [6.07, 6.45) is 3.78. The number of carbonyl (C=O) groups is 2. The number of aliphatic hydroxyl groups is 4. The Bertz CT molecular complexity index is 570. The van der Waals surface area contributed by atoms with Crippen molar-refractivity contribution < 1.29 is 49.0 Å². The second kappa shape index (κ2) is 18.9. The van der Waals surface area contributed by atoms with E-state index in [2.05, 4.69) is 6.92 Å². The molecule has 0 saturated carbocycles. The van der Waals surface area contributed by atoms with Gasteiger partial charge in [-0.25, -0.2) is 0 Å². The zero-order chi connectivity index (χ0) is 26.1. The van der Waals surface area contributed by atoms with E-state index in [9.17, 15) is 30.0 Å². The molecule has 0 radical (unpaired) electrons. The predicted octanol–water partition coefficient (Wildman–Crippen LogP) is 1.98. The van der Waals surface area contributed by atoms with Gasteiger partial charge < -0.3 is 39.4 Å². The van der Waals surface area contributed by atoms with Crippen LogP contribution in [0, 0.1) is 0 Å². The fraction of sp³-hybridized carbons (Fsp3) is 0.920. The predicted molar refractivity (Wildman–Crippen MR) is 127 cm³/mol. The molecule has 1 rings (SSSR count). The molecule has 0 amide bonds. The highest BCUT2D eigenvalue weighted by Gasteiger charge is 2.44. The third-order valence-electron chi connectivity index (χ3n) is 6.05. The first-order chi connectivity index (χ1) is 16.8. The largest absolute Gasteiger partial charge is 0.462 e. The smallest absolute Gasteiger partial charge is 0.306 e. The average molecular weight is 507 g/mol. The molecule has 1 fully saturated rings. The van der Waals surface area contributed by atoms with E-state index < -0.39 is 55.4 Å². The van der Waals surface area contributed by atoms with Crippen molar-refractivity contribution in [2.24, 2.45) is 0 Å². The zero-order valence-electron chi connectivity index (χ0n) is 21.3. The lowest BCUT2D eigenvalue weighted by atomic mass is 9.99. The van der Waals surface area contributed by atoms with Gasteiger partial charge in [0.15, 0.2) is 12.4 Å². The van der Waals surface area contributed by atoms with E-state index in [1.807, 2.05) is 0 Å². The lowest BCUT2D eigenvalue weighted by Crippen LogP contribution is -2.59. The van der Waals surface area contributed by atoms with Gasteiger partial charge in [0.1, 0.15) is 31.0 Å². The Balaban J connectivity index is 2.40. The maximum Gasteiger partial charge on any atom is 0.306 e. The van der Waals surface area contributed by atoms with E-state index in [0.717, 1.165) is 19.3 Å². The Labute approximate surface area is 208 Å². The number of esters is 2. The van der Waals surface area contributed by atoms with Crippen LogP contribution in [0.1, 0.15) is 90.9 Å². The lowest BCUT2D eigenvalue weighted by molar-refractivity contribution is -0.305. The second-order valence-corrected chi connectivity index (χ2v) is 9.11. The van der Waals surface area contributed by atoms with Crippen molar-refractivity contribution in [3.63, 3.8) is 0 Å². The molecular weight excluding hydrogens is 460 g/mol. The number of unbranched alkanes of at least 4 members (excludes halogenated alkanes) is 9. The quantitative estimate of drug-likeness (QED) is 0.151. The minimum Gasteiger partial charge on any atom is -0.462 e. The molecule has 1 aliphatic heterocycles. The molecule has 35 heavy (non-hydrogen) atoms. The lowest BCUT2D eigenvalue weighted by Gasteiger charge is -2.39. The van der Waals surface area contributed by atoms with Crippen LogP contribution in [-0.2, 0) is 28.5 Å². The van der Waals surface area contributed by atoms with Crippen LogP contribution in [0.5, 0.6) is 0 Å². The van der Waals surface area contributed by atoms with E-state index in [-0.39, 0.29) is 26.1 Å². The molecule has 206 valence electrons. The number of hydrogen-bond acceptors (Lipinski definition) is 10. The first-order valence-electron chi connectivity index (χ1n) is 13.1. The van der Waals surface area contributed by atoms with Crippen LogP contribution in [-0.4, -0.2) is 89.0 Å². The minimum absolute atomic E-state index is 0.160. The number of rotatable bonds is 19. The molecule has 10 nitrogen and oxygen atoms in total. The number of aliphatic hydroxyl groups excluding tert-OH is 4. The van der Waals surface area contributed by atoms with Gasteiger partial charge in [0.25, 0.3) is 0 Å². The molecule has 1 saturated heterocycles. The van der Waals surface area contributed by atoms with Gasteiger partial charge in [0, 0.05) is 12.8 Å². The highest BCUT2D eigenvalue weighted by molar-refractivity contribution is 5.70. The summed E-state index contributed by atoms with van der Waals surface area (Å²) in [5.74, 6) is -0.909. The molecule has 6 unspecified atom stereocenters. The van der Waals surface area contributed by atoms with Crippen molar-refractivity contribution in [1.82, 2.24) is 0 Å². The van der Waals surface area contributed by atoms with E-state index in [0.29, 0.717) is 6.42 Å². The summed E-state index contributed by atoms with van der Waals surface area (Å²) in [4.78, 5) is 23.8. The molecule has 0 aromatic carbocycles. The summed E-state index contributed by atoms with van der Waals surface area (Å²) in [6, 6.07) is 0. The van der Waals surface area contributed by atoms with Crippen molar-refractivity contribution in [3.05, 3.63) is 0 Å². The Kier molecular flexibility index (Phi) is 17.1. The standard InChI is InChI=1S/C25H46O10/c1-3-5-6-7-8-9-10-11-12-13-14-21(28)34-18(16-32-20(27)4-2)17-33-25-24(31)23(30)22(29)19(15-26)35-25/h18-19,22-26,29-31H,3-17H2,1-2H3. The molecule has 0 bridgehead atoms. The molecule has 0 aromatic rings. The normalized spacial score (nSPS) is 25.3. The average Bonchev–Trinajstić information content (AvgIpc) is 2.86. The van der Waals surface area contributed by atoms with Crippen LogP contribution >= 0.6 is 0 Å². The number of ether oxygens (including phenoxy) is 4. The van der Waals surface area contributed by atoms with E-state index in [4.69, 9.17) is 18.9 Å². The molecule has 0 spiro atoms. The molecule has 0 aliphatic carbocycles. The number of carbonyl (C=O) groups excluding carboxylic acids is 2. The Morgan fingerprint density at radius 3 is 1.97 bits per heavy atom. The van der Waals surface area contributed by atoms with Crippen LogP contribution in [0.2, 0.25) is 0 Å². The van der Waals surface area contributed by atoms with E-state index in [1.165, 1.54) is 38.5 Å². The minimum atomic E-state index is -1.58. The first-order valence-corrected chi connectivity index (χ1v) is 13.1. The van der Waals surface area contributed by atoms with Crippen molar-refractivity contribution in [2.45, 2.75) is 128 Å². The summed E-state index contributed by atoms with van der Waals surface area (Å²) in [7, 11) is 0. The van der Waals surface area contributed by atoms with Gasteiger partial charge in [-0.1, -0.05) is 71.6 Å². The van der Waals surface area contributed by atoms with Crippen molar-refractivity contribution in [3.8, 4) is 0 Å². The van der Waals surface area contributed by atoms with E-state index in [1.54, 1.807) is 6.92 Å². The van der Waals surface area contributed by atoms with Crippen LogP contribution in [0.25, 0.3) is 0 Å². The topological polar surface area (TPSA) is 152 Å². The summed E-state index contributed by atoms with van der Waals surface area (Å²) >= 11 is 0. The molecule has 10 heteroatoms. The van der Waals surface area contributed by atoms with Crippen LogP contribution in [0.3, 0.4) is 0 Å². The Hall–Kier alpha value is -1.30. The SMILES string of the molecule is CCCCCCCCCCCCC(=O)OC(COC(=O)CC)COC1OC(CO)C(O)C(O)C1O. The maximum absolute atomic E-state index is 12.3. The van der Waals surface area contributed by atoms with Gasteiger partial charge >= 0.3 is 11.9 Å². The molecule has 4 N–H and O–H groups in total. The summed E-state index contributed by atoms with van der Waals surface area (Å²) in [6.45, 7) is 2.75. The third-order valence-corrected chi connectivity index (χ3v) is 6.05. The van der Waals surface area contributed by atoms with Crippen LogP contribution in [0.15, 0.2) is 0 Å². The molecular formula is C25H46O10. The fourth-order valence-electron chi connectivity index (χ4n) is 3.81. The highest BCUT2D eigenvalue weighted by Crippen LogP contribution is 2.22. The second-order valence-electron chi connectivity index (χ2n) is 9.11. The maximum atomic E-state index is 12.3. The summed E-state index contributed by atoms with van der Waals surface area (Å²) in [5, 5.41) is 39.1. The van der Waals surface area contributed by atoms with Gasteiger partial charge in [-0.05, 0) is 6.42 Å². The van der Waals surface area contributed by atoms with E-state index >= 15 is 0 Å². The summed E-state index contributed by atoms with van der Waals surface area (Å²) < 4.78 is 21.2. The Morgan fingerprint density at radius 2 is 1.40 bits per heavy atom. The molecule has 1 heterocycles. The first kappa shape index (κ1) is 31.7. The van der Waals surface area contributed by atoms with Gasteiger partial charge in [0.2, 0.25) is 0 Å². The van der Waals surface area contributed by atoms with Gasteiger partial charge in [-0.3, -0.25) is 9.59 Å². The van der Waals surface area contributed by atoms with Crippen LogP contribution in [0.4, 0.5) is 0 Å². The van der Waals surface area contributed by atoms with Gasteiger partial charge in [0.05, 0.1) is 13.2 Å². The number of hydrogen-bond donors (Lipinski definition) is 4. The van der Waals surface area contributed by atoms with Crippen LogP contribution < -0.4 is 0 Å². The molecule has 0 aromatic heterocycles. The van der Waals surface area contributed by atoms with Gasteiger partial charge in [-0.15, -0.1) is 0 Å². The molecule has 1 aliphatic rings. The monoisotopic (exact) mass is 506 g/mol. The summed E-state index contributed by atoms with van der Waals surface area (Å²) in [5.41, 5.74) is 0. The highest BCUT2D eigenvalue weighted by atomic mass is 16.7. The van der Waals surface area contributed by atoms with Gasteiger partial charge in [-0.2, -0.15) is 0 Å². The fourth-order valence-corrected chi connectivity index (χ4v) is 3.81. The third kappa shape index (κ3) is 13.0.